The molecule has 0 spiro atoms. The van der Waals surface area contributed by atoms with Gasteiger partial charge in [0, 0.05) is 59.7 Å². The van der Waals surface area contributed by atoms with Crippen LogP contribution in [0.1, 0.15) is 24.4 Å². The minimum Gasteiger partial charge on any atom is -0.490 e. The van der Waals surface area contributed by atoms with E-state index in [0.29, 0.717) is 63.6 Å². The fourth-order valence-corrected chi connectivity index (χ4v) is 7.40. The lowest BCUT2D eigenvalue weighted by Gasteiger charge is -2.38. The molecule has 9 nitrogen and oxygen atoms in total. The maximum Gasteiger partial charge on any atom is 0.272 e. The molecule has 1 unspecified atom stereocenters. The number of likely N-dealkylation sites (tertiary alicyclic amines) is 1. The van der Waals surface area contributed by atoms with E-state index in [1.165, 1.54) is 24.5 Å². The van der Waals surface area contributed by atoms with Gasteiger partial charge in [-0.25, -0.2) is 22.5 Å². The number of halogens is 4. The Balaban J connectivity index is 1.40. The molecular formula is C35H32F4N6O3S. The first-order chi connectivity index (χ1) is 23.6. The van der Waals surface area contributed by atoms with Gasteiger partial charge in [-0.05, 0) is 42.6 Å². The van der Waals surface area contributed by atoms with E-state index < -0.39 is 17.6 Å². The number of methoxy groups -OCH3 is 1. The predicted molar refractivity (Wildman–Crippen MR) is 177 cm³/mol. The van der Waals surface area contributed by atoms with Gasteiger partial charge in [0.1, 0.15) is 35.4 Å². The second-order valence-corrected chi connectivity index (χ2v) is 13.0. The molecule has 1 aromatic carbocycles. The fourth-order valence-electron chi connectivity index (χ4n) is 6.45. The van der Waals surface area contributed by atoms with Gasteiger partial charge in [0.15, 0.2) is 0 Å². The van der Waals surface area contributed by atoms with Crippen molar-refractivity contribution >= 4 is 27.3 Å². The Morgan fingerprint density at radius 3 is 2.63 bits per heavy atom. The van der Waals surface area contributed by atoms with Crippen LogP contribution in [0.4, 0.5) is 17.6 Å². The molecule has 2 aliphatic rings. The largest absolute Gasteiger partial charge is 0.490 e. The third-order valence-electron chi connectivity index (χ3n) is 8.77. The number of pyridine rings is 2. The van der Waals surface area contributed by atoms with Crippen LogP contribution < -0.4 is 4.74 Å². The van der Waals surface area contributed by atoms with Crippen molar-refractivity contribution in [1.29, 1.82) is 0 Å². The molecular weight excluding hydrogens is 660 g/mol. The number of benzene rings is 1. The summed E-state index contributed by atoms with van der Waals surface area (Å²) in [6.45, 7) is 6.31. The van der Waals surface area contributed by atoms with Crippen LogP contribution >= 0.6 is 11.3 Å². The number of nitrogens with zero attached hydrogens (tertiary/aromatic N) is 6. The van der Waals surface area contributed by atoms with Gasteiger partial charge in [0.25, 0.3) is 5.92 Å². The van der Waals surface area contributed by atoms with Gasteiger partial charge in [-0.3, -0.25) is 19.4 Å². The highest BCUT2D eigenvalue weighted by Crippen LogP contribution is 2.47. The molecule has 1 fully saturated rings. The number of hydrogen-bond acceptors (Lipinski definition) is 8. The summed E-state index contributed by atoms with van der Waals surface area (Å²) in [5, 5.41) is 7.45. The number of ether oxygens (including phenoxy) is 2. The first kappa shape index (κ1) is 32.9. The van der Waals surface area contributed by atoms with E-state index in [1.54, 1.807) is 22.1 Å². The molecule has 5 aromatic rings. The van der Waals surface area contributed by atoms with E-state index in [2.05, 4.69) is 11.6 Å². The number of carbonyl (C=O) groups excluding carboxylic acids is 1. The van der Waals surface area contributed by atoms with E-state index in [0.717, 1.165) is 17.8 Å². The average Bonchev–Trinajstić information content (AvgIpc) is 3.72. The zero-order valence-corrected chi connectivity index (χ0v) is 27.6. The van der Waals surface area contributed by atoms with Crippen LogP contribution in [-0.2, 0) is 22.6 Å². The maximum atomic E-state index is 16.0. The highest BCUT2D eigenvalue weighted by Gasteiger charge is 2.43. The van der Waals surface area contributed by atoms with E-state index >= 15 is 4.39 Å². The standard InChI is InChI=1S/C35H32F4N6O3S/c1-4-29(46)44-8-9-45-27(20(44)2)15-26(42-45)33-31(30-25(37)13-22(36)14-28(30)48-11-10-47-3)34-24(7-12-49-34)32(41-33)21-5-6-23(40-16-21)17-43-18-35(38,39)19-43/h4-7,12-16,20H,1,8-11,17-19H2,2-3H3. The second-order valence-electron chi connectivity index (χ2n) is 12.1. The fraction of sp³-hybridized carbons (Fsp3) is 0.314. The quantitative estimate of drug-likeness (QED) is 0.0912. The molecule has 1 amide bonds. The third-order valence-corrected chi connectivity index (χ3v) is 9.71. The lowest BCUT2D eigenvalue weighted by atomic mass is 9.96. The van der Waals surface area contributed by atoms with Gasteiger partial charge in [-0.2, -0.15) is 5.10 Å². The highest BCUT2D eigenvalue weighted by atomic mass is 32.1. The Bertz CT molecular complexity index is 2060. The number of fused-ring (bicyclic) bond motifs is 2. The van der Waals surface area contributed by atoms with Crippen molar-refractivity contribution in [1.82, 2.24) is 29.5 Å². The first-order valence-corrected chi connectivity index (χ1v) is 16.5. The molecule has 0 radical (unpaired) electrons. The van der Waals surface area contributed by atoms with E-state index in [1.807, 2.05) is 35.2 Å². The van der Waals surface area contributed by atoms with Crippen molar-refractivity contribution in [2.45, 2.75) is 32.0 Å². The highest BCUT2D eigenvalue weighted by molar-refractivity contribution is 7.18. The second kappa shape index (κ2) is 13.0. The minimum absolute atomic E-state index is 0.0114. The summed E-state index contributed by atoms with van der Waals surface area (Å²) in [7, 11) is 1.50. The lowest BCUT2D eigenvalue weighted by Crippen LogP contribution is -2.55. The van der Waals surface area contributed by atoms with Crippen LogP contribution in [0.15, 0.2) is 60.6 Å². The summed E-state index contributed by atoms with van der Waals surface area (Å²) in [6.07, 6.45) is 2.92. The van der Waals surface area contributed by atoms with Crippen molar-refractivity contribution in [3.05, 3.63) is 83.7 Å². The number of rotatable bonds is 10. The molecule has 1 saturated heterocycles. The Kier molecular flexibility index (Phi) is 8.71. The monoisotopic (exact) mass is 692 g/mol. The predicted octanol–water partition coefficient (Wildman–Crippen LogP) is 6.73. The molecule has 0 saturated carbocycles. The van der Waals surface area contributed by atoms with E-state index in [4.69, 9.17) is 19.6 Å². The summed E-state index contributed by atoms with van der Waals surface area (Å²) < 4.78 is 70.9. The van der Waals surface area contributed by atoms with Gasteiger partial charge < -0.3 is 14.4 Å². The van der Waals surface area contributed by atoms with Crippen molar-refractivity contribution in [2.75, 3.05) is 40.0 Å². The van der Waals surface area contributed by atoms with Crippen LogP contribution in [0, 0.1) is 11.6 Å². The van der Waals surface area contributed by atoms with Crippen molar-refractivity contribution in [3.8, 4) is 39.5 Å². The summed E-state index contributed by atoms with van der Waals surface area (Å²) >= 11 is 1.36. The van der Waals surface area contributed by atoms with E-state index in [-0.39, 0.29) is 49.6 Å². The molecule has 0 aliphatic carbocycles. The lowest BCUT2D eigenvalue weighted by molar-refractivity contribution is -0.134. The summed E-state index contributed by atoms with van der Waals surface area (Å²) in [5.41, 5.74) is 3.77. The number of amides is 1. The third kappa shape index (κ3) is 6.20. The van der Waals surface area contributed by atoms with Gasteiger partial charge in [0.2, 0.25) is 5.91 Å². The Morgan fingerprint density at radius 1 is 1.10 bits per heavy atom. The SMILES string of the molecule is C=CC(=O)N1CCn2nc(-c3nc(-c4ccc(CN5CC(F)(F)C5)nc4)c4ccsc4c3-c3c(F)cc(F)cc3OCCOC)cc2C1C. The topological polar surface area (TPSA) is 85.6 Å². The Hall–Kier alpha value is -4.66. The Labute approximate surface area is 283 Å². The molecule has 2 aliphatic heterocycles. The summed E-state index contributed by atoms with van der Waals surface area (Å²) in [6, 6.07) is 8.94. The molecule has 7 rings (SSSR count). The number of thiophene rings is 1. The molecule has 14 heteroatoms. The van der Waals surface area contributed by atoms with Crippen LogP contribution in [0.3, 0.4) is 0 Å². The molecule has 4 aromatic heterocycles. The molecule has 0 N–H and O–H groups in total. The number of hydrogen-bond donors (Lipinski definition) is 0. The van der Waals surface area contributed by atoms with Crippen molar-refractivity contribution in [2.24, 2.45) is 0 Å². The van der Waals surface area contributed by atoms with Gasteiger partial charge in [-0.15, -0.1) is 11.3 Å². The van der Waals surface area contributed by atoms with Crippen LogP contribution in [-0.4, -0.2) is 81.3 Å². The summed E-state index contributed by atoms with van der Waals surface area (Å²) in [5.74, 6) is -4.51. The molecule has 1 atom stereocenters. The molecule has 254 valence electrons. The van der Waals surface area contributed by atoms with Crippen molar-refractivity contribution < 1.29 is 31.8 Å². The van der Waals surface area contributed by atoms with Crippen molar-refractivity contribution in [3.63, 3.8) is 0 Å². The zero-order chi connectivity index (χ0) is 34.4. The number of carbonyl (C=O) groups is 1. The summed E-state index contributed by atoms with van der Waals surface area (Å²) in [4.78, 5) is 25.6. The van der Waals surface area contributed by atoms with Gasteiger partial charge in [-0.1, -0.05) is 6.58 Å². The van der Waals surface area contributed by atoms with Crippen LogP contribution in [0.2, 0.25) is 0 Å². The number of alkyl halides is 2. The molecule has 0 bridgehead atoms. The van der Waals surface area contributed by atoms with Crippen LogP contribution in [0.25, 0.3) is 43.9 Å². The van der Waals surface area contributed by atoms with Gasteiger partial charge in [0.05, 0.1) is 54.9 Å². The zero-order valence-electron chi connectivity index (χ0n) is 26.8. The smallest absolute Gasteiger partial charge is 0.272 e. The van der Waals surface area contributed by atoms with Gasteiger partial charge >= 0.3 is 0 Å². The maximum absolute atomic E-state index is 16.0. The average molecular weight is 693 g/mol. The molecule has 49 heavy (non-hydrogen) atoms. The molecule has 6 heterocycles. The van der Waals surface area contributed by atoms with Crippen LogP contribution in [0.5, 0.6) is 5.75 Å². The van der Waals surface area contributed by atoms with E-state index in [9.17, 15) is 18.0 Å². The normalized spacial score (nSPS) is 17.2. The Morgan fingerprint density at radius 2 is 1.92 bits per heavy atom. The minimum atomic E-state index is -2.67. The number of aromatic nitrogens is 4. The first-order valence-electron chi connectivity index (χ1n) is 15.7.